The number of sulfonamides is 1. The van der Waals surface area contributed by atoms with E-state index in [0.717, 1.165) is 16.1 Å². The van der Waals surface area contributed by atoms with Crippen molar-refractivity contribution in [1.82, 2.24) is 10.2 Å². The van der Waals surface area contributed by atoms with Gasteiger partial charge in [0.05, 0.1) is 19.1 Å². The van der Waals surface area contributed by atoms with Crippen molar-refractivity contribution in [3.63, 3.8) is 0 Å². The fraction of sp³-hybridized carbons (Fsp3) is 0.250. The smallest absolute Gasteiger partial charge is 0.250 e. The summed E-state index contributed by atoms with van der Waals surface area (Å²) in [5.41, 5.74) is 1.18. The van der Waals surface area contributed by atoms with Crippen molar-refractivity contribution in [1.29, 1.82) is 0 Å². The second kappa shape index (κ2) is 9.63. The van der Waals surface area contributed by atoms with Crippen LogP contribution in [0.5, 0.6) is 5.75 Å². The van der Waals surface area contributed by atoms with Crippen molar-refractivity contribution >= 4 is 49.7 Å². The zero-order valence-corrected chi connectivity index (χ0v) is 19.5. The standard InChI is InChI=1S/C20H21ClN4O4S2/c1-4-17(25(31(3,27)28)15-9-11-16(29-2)12-10-15)18(26)22-20-24-23-19(30-20)13-5-7-14(21)8-6-13/h5-12,17H,4H2,1-3H3,(H,22,24,26)/t17-/m0/s1. The molecule has 1 N–H and O–H groups in total. The zero-order valence-electron chi connectivity index (χ0n) is 17.1. The first-order valence-electron chi connectivity index (χ1n) is 9.26. The molecule has 0 bridgehead atoms. The number of carbonyl (C=O) groups is 1. The van der Waals surface area contributed by atoms with Crippen LogP contribution in [0.15, 0.2) is 48.5 Å². The predicted molar refractivity (Wildman–Crippen MR) is 123 cm³/mol. The maximum Gasteiger partial charge on any atom is 0.250 e. The van der Waals surface area contributed by atoms with Crippen LogP contribution >= 0.6 is 22.9 Å². The van der Waals surface area contributed by atoms with Crippen LogP contribution in [0.3, 0.4) is 0 Å². The Morgan fingerprint density at radius 1 is 1.16 bits per heavy atom. The summed E-state index contributed by atoms with van der Waals surface area (Å²) < 4.78 is 31.3. The highest BCUT2D eigenvalue weighted by Gasteiger charge is 2.32. The minimum Gasteiger partial charge on any atom is -0.497 e. The van der Waals surface area contributed by atoms with Gasteiger partial charge in [-0.05, 0) is 42.8 Å². The van der Waals surface area contributed by atoms with E-state index in [1.165, 1.54) is 18.4 Å². The lowest BCUT2D eigenvalue weighted by Crippen LogP contribution is -2.46. The number of amides is 1. The molecule has 11 heteroatoms. The van der Waals surface area contributed by atoms with Gasteiger partial charge in [0.2, 0.25) is 21.1 Å². The number of ether oxygens (including phenoxy) is 1. The van der Waals surface area contributed by atoms with E-state index in [-0.39, 0.29) is 11.6 Å². The summed E-state index contributed by atoms with van der Waals surface area (Å²) in [6, 6.07) is 12.6. The number of hydrogen-bond acceptors (Lipinski definition) is 7. The molecule has 3 rings (SSSR count). The van der Waals surface area contributed by atoms with Gasteiger partial charge in [0.1, 0.15) is 16.8 Å². The molecule has 0 aliphatic carbocycles. The topological polar surface area (TPSA) is 101 Å². The van der Waals surface area contributed by atoms with E-state index < -0.39 is 22.0 Å². The summed E-state index contributed by atoms with van der Waals surface area (Å²) in [5.74, 6) is 0.0841. The van der Waals surface area contributed by atoms with Crippen molar-refractivity contribution in [2.75, 3.05) is 23.0 Å². The summed E-state index contributed by atoms with van der Waals surface area (Å²) in [6.45, 7) is 1.74. The van der Waals surface area contributed by atoms with Gasteiger partial charge in [-0.2, -0.15) is 0 Å². The maximum atomic E-state index is 13.0. The Morgan fingerprint density at radius 3 is 2.35 bits per heavy atom. The number of methoxy groups -OCH3 is 1. The lowest BCUT2D eigenvalue weighted by atomic mass is 10.2. The molecular formula is C20H21ClN4O4S2. The summed E-state index contributed by atoms with van der Waals surface area (Å²) >= 11 is 7.09. The minimum atomic E-state index is -3.74. The number of rotatable bonds is 8. The van der Waals surface area contributed by atoms with Crippen LogP contribution in [0.4, 0.5) is 10.8 Å². The molecule has 0 unspecified atom stereocenters. The summed E-state index contributed by atoms with van der Waals surface area (Å²) in [5, 5.41) is 12.3. The average Bonchev–Trinajstić information content (AvgIpc) is 3.20. The van der Waals surface area contributed by atoms with E-state index in [9.17, 15) is 13.2 Å². The second-order valence-electron chi connectivity index (χ2n) is 6.59. The highest BCUT2D eigenvalue weighted by molar-refractivity contribution is 7.92. The highest BCUT2D eigenvalue weighted by Crippen LogP contribution is 2.29. The Bertz CT molecular complexity index is 1150. The largest absolute Gasteiger partial charge is 0.497 e. The van der Waals surface area contributed by atoms with E-state index >= 15 is 0 Å². The van der Waals surface area contributed by atoms with E-state index in [1.54, 1.807) is 55.5 Å². The molecule has 1 aromatic heterocycles. The van der Waals surface area contributed by atoms with Crippen LogP contribution in [0.1, 0.15) is 13.3 Å². The third kappa shape index (κ3) is 5.52. The van der Waals surface area contributed by atoms with Gasteiger partial charge >= 0.3 is 0 Å². The molecule has 1 atom stereocenters. The van der Waals surface area contributed by atoms with E-state index in [4.69, 9.17) is 16.3 Å². The van der Waals surface area contributed by atoms with Gasteiger partial charge in [-0.25, -0.2) is 8.42 Å². The first-order valence-corrected chi connectivity index (χ1v) is 12.3. The quantitative estimate of drug-likeness (QED) is 0.522. The van der Waals surface area contributed by atoms with E-state index in [0.29, 0.717) is 21.5 Å². The molecule has 3 aromatic rings. The molecule has 2 aromatic carbocycles. The molecule has 0 aliphatic heterocycles. The van der Waals surface area contributed by atoms with Crippen molar-refractivity contribution < 1.29 is 17.9 Å². The van der Waals surface area contributed by atoms with Crippen molar-refractivity contribution in [2.24, 2.45) is 0 Å². The van der Waals surface area contributed by atoms with Gasteiger partial charge < -0.3 is 4.74 Å². The minimum absolute atomic E-state index is 0.258. The number of halogens is 1. The number of nitrogens with one attached hydrogen (secondary N) is 1. The second-order valence-corrected chi connectivity index (χ2v) is 9.86. The SMILES string of the molecule is CC[C@@H](C(=O)Nc1nnc(-c2ccc(Cl)cc2)s1)N(c1ccc(OC)cc1)S(C)(=O)=O. The monoisotopic (exact) mass is 480 g/mol. The fourth-order valence-electron chi connectivity index (χ4n) is 2.96. The molecule has 1 heterocycles. The Kier molecular flexibility index (Phi) is 7.14. The average molecular weight is 481 g/mol. The van der Waals surface area contributed by atoms with E-state index in [1.807, 2.05) is 0 Å². The molecule has 0 aliphatic rings. The normalized spacial score (nSPS) is 12.3. The van der Waals surface area contributed by atoms with Gasteiger partial charge in [-0.15, -0.1) is 10.2 Å². The van der Waals surface area contributed by atoms with Gasteiger partial charge in [-0.1, -0.05) is 42.0 Å². The lowest BCUT2D eigenvalue weighted by Gasteiger charge is -2.29. The number of hydrogen-bond donors (Lipinski definition) is 1. The van der Waals surface area contributed by atoms with Crippen molar-refractivity contribution in [3.05, 3.63) is 53.6 Å². The van der Waals surface area contributed by atoms with Gasteiger partial charge in [0, 0.05) is 10.6 Å². The van der Waals surface area contributed by atoms with Crippen LogP contribution in [0.25, 0.3) is 10.6 Å². The van der Waals surface area contributed by atoms with Gasteiger partial charge in [0.15, 0.2) is 0 Å². The Hall–Kier alpha value is -2.69. The van der Waals surface area contributed by atoms with Gasteiger partial charge in [-0.3, -0.25) is 14.4 Å². The lowest BCUT2D eigenvalue weighted by molar-refractivity contribution is -0.117. The summed E-state index contributed by atoms with van der Waals surface area (Å²) in [7, 11) is -2.22. The third-order valence-corrected chi connectivity index (χ3v) is 6.72. The van der Waals surface area contributed by atoms with Crippen LogP contribution in [0, 0.1) is 0 Å². The maximum absolute atomic E-state index is 13.0. The van der Waals surface area contributed by atoms with Crippen LogP contribution in [0.2, 0.25) is 5.02 Å². The molecule has 0 spiro atoms. The molecule has 1 amide bonds. The molecule has 164 valence electrons. The molecular weight excluding hydrogens is 460 g/mol. The number of benzene rings is 2. The first-order chi connectivity index (χ1) is 14.7. The predicted octanol–water partition coefficient (Wildman–Crippen LogP) is 4.05. The Morgan fingerprint density at radius 2 is 1.81 bits per heavy atom. The molecule has 31 heavy (non-hydrogen) atoms. The summed E-state index contributed by atoms with van der Waals surface area (Å²) in [6.07, 6.45) is 1.32. The number of nitrogens with zero attached hydrogens (tertiary/aromatic N) is 3. The first kappa shape index (κ1) is 23.0. The van der Waals surface area contributed by atoms with E-state index in [2.05, 4.69) is 15.5 Å². The molecule has 0 fully saturated rings. The fourth-order valence-corrected chi connectivity index (χ4v) is 5.05. The molecule has 0 saturated heterocycles. The molecule has 8 nitrogen and oxygen atoms in total. The van der Waals surface area contributed by atoms with Crippen molar-refractivity contribution in [3.8, 4) is 16.3 Å². The number of anilines is 2. The Balaban J connectivity index is 1.84. The zero-order chi connectivity index (χ0) is 22.6. The van der Waals surface area contributed by atoms with Gasteiger partial charge in [0.25, 0.3) is 0 Å². The summed E-state index contributed by atoms with van der Waals surface area (Å²) in [4.78, 5) is 13.0. The van der Waals surface area contributed by atoms with Crippen molar-refractivity contribution in [2.45, 2.75) is 19.4 Å². The molecule has 0 radical (unpaired) electrons. The van der Waals surface area contributed by atoms with Crippen LogP contribution in [-0.2, 0) is 14.8 Å². The third-order valence-electron chi connectivity index (χ3n) is 4.40. The molecule has 0 saturated carbocycles. The van der Waals surface area contributed by atoms with Crippen LogP contribution in [-0.4, -0.2) is 43.9 Å². The Labute approximate surface area is 189 Å². The van der Waals surface area contributed by atoms with Crippen LogP contribution < -0.4 is 14.4 Å². The number of aromatic nitrogens is 2. The highest BCUT2D eigenvalue weighted by atomic mass is 35.5. The number of carbonyl (C=O) groups excluding carboxylic acids is 1.